The van der Waals surface area contributed by atoms with E-state index in [9.17, 15) is 4.79 Å². The molecule has 0 aliphatic heterocycles. The fraction of sp³-hybridized carbons (Fsp3) is 0.643. The van der Waals surface area contributed by atoms with Crippen molar-refractivity contribution in [1.29, 1.82) is 0 Å². The summed E-state index contributed by atoms with van der Waals surface area (Å²) in [5.74, 6) is -0.0407. The predicted octanol–water partition coefficient (Wildman–Crippen LogP) is 2.44. The standard InChI is InChI=1S/C14H23BrN2O3/c1-3-6-17-11-12(15)10-13(17)14(18)16-5-4-7-20-9-8-19-2/h10-11H,3-9H2,1-2H3,(H,16,18). The van der Waals surface area contributed by atoms with Gasteiger partial charge in [-0.15, -0.1) is 0 Å². The lowest BCUT2D eigenvalue weighted by molar-refractivity contribution is 0.0688. The molecular formula is C14H23BrN2O3. The summed E-state index contributed by atoms with van der Waals surface area (Å²) in [5.41, 5.74) is 0.694. The van der Waals surface area contributed by atoms with E-state index in [1.165, 1.54) is 0 Å². The summed E-state index contributed by atoms with van der Waals surface area (Å²) in [6, 6.07) is 1.85. The molecule has 0 aromatic carbocycles. The van der Waals surface area contributed by atoms with Crippen molar-refractivity contribution in [1.82, 2.24) is 9.88 Å². The quantitative estimate of drug-likeness (QED) is 0.662. The molecule has 5 nitrogen and oxygen atoms in total. The Morgan fingerprint density at radius 3 is 2.90 bits per heavy atom. The van der Waals surface area contributed by atoms with Gasteiger partial charge in [0.2, 0.25) is 0 Å². The number of aryl methyl sites for hydroxylation is 1. The van der Waals surface area contributed by atoms with Crippen LogP contribution in [0.2, 0.25) is 0 Å². The average Bonchev–Trinajstić information content (AvgIpc) is 2.79. The van der Waals surface area contributed by atoms with E-state index >= 15 is 0 Å². The van der Waals surface area contributed by atoms with Gasteiger partial charge in [-0.3, -0.25) is 4.79 Å². The summed E-state index contributed by atoms with van der Waals surface area (Å²) in [6.07, 6.45) is 3.73. The predicted molar refractivity (Wildman–Crippen MR) is 82.1 cm³/mol. The Labute approximate surface area is 128 Å². The number of carbonyl (C=O) groups excluding carboxylic acids is 1. The Kier molecular flexibility index (Phi) is 8.57. The summed E-state index contributed by atoms with van der Waals surface area (Å²) in [5, 5.41) is 2.91. The highest BCUT2D eigenvalue weighted by Crippen LogP contribution is 2.15. The monoisotopic (exact) mass is 346 g/mol. The SMILES string of the molecule is CCCn1cc(Br)cc1C(=O)NCCCOCCOC. The summed E-state index contributed by atoms with van der Waals surface area (Å²) < 4.78 is 13.1. The van der Waals surface area contributed by atoms with Crippen LogP contribution in [0.15, 0.2) is 16.7 Å². The van der Waals surface area contributed by atoms with Gasteiger partial charge in [-0.05, 0) is 34.8 Å². The number of aromatic nitrogens is 1. The van der Waals surface area contributed by atoms with Gasteiger partial charge in [0.25, 0.3) is 5.91 Å². The van der Waals surface area contributed by atoms with Crippen LogP contribution in [-0.2, 0) is 16.0 Å². The highest BCUT2D eigenvalue weighted by atomic mass is 79.9. The third-order valence-electron chi connectivity index (χ3n) is 2.74. The highest BCUT2D eigenvalue weighted by Gasteiger charge is 2.11. The number of hydrogen-bond acceptors (Lipinski definition) is 3. The summed E-state index contributed by atoms with van der Waals surface area (Å²) in [6.45, 7) is 5.37. The summed E-state index contributed by atoms with van der Waals surface area (Å²) >= 11 is 3.41. The summed E-state index contributed by atoms with van der Waals surface area (Å²) in [4.78, 5) is 12.1. The third-order valence-corrected chi connectivity index (χ3v) is 3.18. The fourth-order valence-corrected chi connectivity index (χ4v) is 2.27. The van der Waals surface area contributed by atoms with E-state index in [0.717, 1.165) is 23.9 Å². The van der Waals surface area contributed by atoms with Gasteiger partial charge in [-0.1, -0.05) is 6.92 Å². The second-order valence-electron chi connectivity index (χ2n) is 4.45. The maximum atomic E-state index is 12.1. The van der Waals surface area contributed by atoms with Crippen molar-refractivity contribution >= 4 is 21.8 Å². The lowest BCUT2D eigenvalue weighted by Crippen LogP contribution is -2.27. The van der Waals surface area contributed by atoms with E-state index in [4.69, 9.17) is 9.47 Å². The van der Waals surface area contributed by atoms with Crippen LogP contribution in [-0.4, -0.2) is 43.9 Å². The zero-order valence-electron chi connectivity index (χ0n) is 12.2. The number of halogens is 1. The Balaban J connectivity index is 2.28. The molecule has 1 heterocycles. The van der Waals surface area contributed by atoms with Gasteiger partial charge in [0.15, 0.2) is 0 Å². The van der Waals surface area contributed by atoms with Crippen molar-refractivity contribution in [2.75, 3.05) is 33.5 Å². The topological polar surface area (TPSA) is 52.5 Å². The van der Waals surface area contributed by atoms with E-state index < -0.39 is 0 Å². The van der Waals surface area contributed by atoms with Crippen LogP contribution in [0.25, 0.3) is 0 Å². The molecule has 0 saturated carbocycles. The van der Waals surface area contributed by atoms with Gasteiger partial charge in [0.1, 0.15) is 5.69 Å². The smallest absolute Gasteiger partial charge is 0.267 e. The van der Waals surface area contributed by atoms with Crippen LogP contribution < -0.4 is 5.32 Å². The van der Waals surface area contributed by atoms with Gasteiger partial charge >= 0.3 is 0 Å². The molecule has 6 heteroatoms. The molecular weight excluding hydrogens is 324 g/mol. The van der Waals surface area contributed by atoms with Crippen LogP contribution in [0.5, 0.6) is 0 Å². The zero-order chi connectivity index (χ0) is 14.8. The summed E-state index contributed by atoms with van der Waals surface area (Å²) in [7, 11) is 1.65. The van der Waals surface area contributed by atoms with Gasteiger partial charge < -0.3 is 19.4 Å². The molecule has 0 unspecified atom stereocenters. The first-order valence-electron chi connectivity index (χ1n) is 6.89. The highest BCUT2D eigenvalue weighted by molar-refractivity contribution is 9.10. The molecule has 0 saturated heterocycles. The van der Waals surface area contributed by atoms with Crippen LogP contribution in [0.1, 0.15) is 30.3 Å². The largest absolute Gasteiger partial charge is 0.382 e. The van der Waals surface area contributed by atoms with Gasteiger partial charge in [-0.25, -0.2) is 0 Å². The Hall–Kier alpha value is -0.850. The zero-order valence-corrected chi connectivity index (χ0v) is 13.7. The molecule has 0 aliphatic rings. The van der Waals surface area contributed by atoms with E-state index in [1.807, 2.05) is 16.8 Å². The van der Waals surface area contributed by atoms with E-state index in [1.54, 1.807) is 7.11 Å². The maximum Gasteiger partial charge on any atom is 0.267 e. The fourth-order valence-electron chi connectivity index (χ4n) is 1.80. The van der Waals surface area contributed by atoms with Crippen LogP contribution >= 0.6 is 15.9 Å². The van der Waals surface area contributed by atoms with Crippen molar-refractivity contribution in [2.24, 2.45) is 0 Å². The molecule has 0 atom stereocenters. The number of carbonyl (C=O) groups is 1. The number of ether oxygens (including phenoxy) is 2. The maximum absolute atomic E-state index is 12.1. The normalized spacial score (nSPS) is 10.8. The minimum Gasteiger partial charge on any atom is -0.382 e. The van der Waals surface area contributed by atoms with Gasteiger partial charge in [0, 0.05) is 37.5 Å². The molecule has 1 rings (SSSR count). The Morgan fingerprint density at radius 2 is 2.20 bits per heavy atom. The minimum absolute atomic E-state index is 0.0407. The molecule has 1 amide bonds. The number of nitrogens with zero attached hydrogens (tertiary/aromatic N) is 1. The number of methoxy groups -OCH3 is 1. The molecule has 0 bridgehead atoms. The van der Waals surface area contributed by atoms with E-state index in [2.05, 4.69) is 28.2 Å². The second kappa shape index (κ2) is 9.96. The molecule has 20 heavy (non-hydrogen) atoms. The van der Waals surface area contributed by atoms with Crippen LogP contribution in [0, 0.1) is 0 Å². The van der Waals surface area contributed by atoms with Crippen molar-refractivity contribution in [3.63, 3.8) is 0 Å². The first-order valence-corrected chi connectivity index (χ1v) is 7.69. The minimum atomic E-state index is -0.0407. The van der Waals surface area contributed by atoms with Crippen LogP contribution in [0.4, 0.5) is 0 Å². The number of rotatable bonds is 10. The average molecular weight is 347 g/mol. The van der Waals surface area contributed by atoms with Crippen molar-refractivity contribution in [3.8, 4) is 0 Å². The first-order chi connectivity index (χ1) is 9.69. The Morgan fingerprint density at radius 1 is 1.40 bits per heavy atom. The molecule has 114 valence electrons. The number of nitrogens with one attached hydrogen (secondary N) is 1. The molecule has 0 spiro atoms. The van der Waals surface area contributed by atoms with E-state index in [0.29, 0.717) is 32.1 Å². The lowest BCUT2D eigenvalue weighted by Gasteiger charge is -2.09. The molecule has 1 aromatic heterocycles. The van der Waals surface area contributed by atoms with Crippen molar-refractivity contribution in [3.05, 3.63) is 22.4 Å². The molecule has 0 radical (unpaired) electrons. The van der Waals surface area contributed by atoms with E-state index in [-0.39, 0.29) is 5.91 Å². The number of hydrogen-bond donors (Lipinski definition) is 1. The first kappa shape index (κ1) is 17.2. The van der Waals surface area contributed by atoms with Gasteiger partial charge in [-0.2, -0.15) is 0 Å². The molecule has 1 N–H and O–H groups in total. The van der Waals surface area contributed by atoms with Crippen LogP contribution in [0.3, 0.4) is 0 Å². The van der Waals surface area contributed by atoms with Crippen molar-refractivity contribution < 1.29 is 14.3 Å². The molecule has 1 aromatic rings. The Bertz CT molecular complexity index is 407. The van der Waals surface area contributed by atoms with Gasteiger partial charge in [0.05, 0.1) is 13.2 Å². The molecule has 0 aliphatic carbocycles. The lowest BCUT2D eigenvalue weighted by atomic mass is 10.3. The third kappa shape index (κ3) is 6.07. The molecule has 0 fully saturated rings. The van der Waals surface area contributed by atoms with Crippen molar-refractivity contribution in [2.45, 2.75) is 26.3 Å². The number of amides is 1. The second-order valence-corrected chi connectivity index (χ2v) is 5.37.